The highest BCUT2D eigenvalue weighted by Crippen LogP contribution is 2.24. The van der Waals surface area contributed by atoms with Crippen molar-refractivity contribution in [1.29, 1.82) is 0 Å². The fraction of sp³-hybridized carbons (Fsp3) is 0.600. The average Bonchev–Trinajstić information content (AvgIpc) is 2.36. The first-order valence-corrected chi connectivity index (χ1v) is 6.77. The van der Waals surface area contributed by atoms with E-state index < -0.39 is 0 Å². The number of hydrogen-bond acceptors (Lipinski definition) is 2. The van der Waals surface area contributed by atoms with Gasteiger partial charge in [-0.25, -0.2) is 4.39 Å². The van der Waals surface area contributed by atoms with Crippen LogP contribution < -0.4 is 5.73 Å². The smallest absolute Gasteiger partial charge is 0.127 e. The molecule has 1 heterocycles. The van der Waals surface area contributed by atoms with E-state index in [1.807, 2.05) is 19.1 Å². The molecule has 1 fully saturated rings. The molecule has 0 radical (unpaired) electrons. The van der Waals surface area contributed by atoms with Crippen molar-refractivity contribution in [1.82, 2.24) is 4.90 Å². The number of benzene rings is 1. The van der Waals surface area contributed by atoms with Crippen molar-refractivity contribution in [2.75, 3.05) is 19.6 Å². The molecule has 2 N–H and O–H groups in total. The van der Waals surface area contributed by atoms with Crippen LogP contribution in [0.2, 0.25) is 0 Å². The number of nitrogens with two attached hydrogens (primary N) is 1. The molecule has 1 aromatic carbocycles. The van der Waals surface area contributed by atoms with E-state index in [-0.39, 0.29) is 5.82 Å². The molecule has 3 heteroatoms. The highest BCUT2D eigenvalue weighted by Gasteiger charge is 2.25. The van der Waals surface area contributed by atoms with Crippen LogP contribution in [0.25, 0.3) is 0 Å². The Balaban J connectivity index is 2.03. The first-order valence-electron chi connectivity index (χ1n) is 6.77. The van der Waals surface area contributed by atoms with E-state index in [2.05, 4.69) is 11.8 Å². The van der Waals surface area contributed by atoms with E-state index in [9.17, 15) is 4.39 Å². The van der Waals surface area contributed by atoms with E-state index in [0.717, 1.165) is 37.2 Å². The zero-order chi connectivity index (χ0) is 13.1. The van der Waals surface area contributed by atoms with Crippen LogP contribution in [-0.4, -0.2) is 24.5 Å². The molecule has 18 heavy (non-hydrogen) atoms. The summed E-state index contributed by atoms with van der Waals surface area (Å²) in [4.78, 5) is 2.33. The van der Waals surface area contributed by atoms with Gasteiger partial charge in [-0.15, -0.1) is 0 Å². The van der Waals surface area contributed by atoms with E-state index in [1.165, 1.54) is 0 Å². The van der Waals surface area contributed by atoms with Gasteiger partial charge >= 0.3 is 0 Å². The lowest BCUT2D eigenvalue weighted by atomic mass is 9.87. The number of nitrogens with zero attached hydrogens (tertiary/aromatic N) is 1. The molecule has 0 bridgehead atoms. The second kappa shape index (κ2) is 5.81. The fourth-order valence-electron chi connectivity index (χ4n) is 2.74. The lowest BCUT2D eigenvalue weighted by molar-refractivity contribution is 0.125. The van der Waals surface area contributed by atoms with Crippen LogP contribution in [-0.2, 0) is 6.54 Å². The normalized spacial score (nSPS) is 25.3. The summed E-state index contributed by atoms with van der Waals surface area (Å²) < 4.78 is 13.7. The minimum absolute atomic E-state index is 0.0940. The zero-order valence-corrected chi connectivity index (χ0v) is 11.3. The summed E-state index contributed by atoms with van der Waals surface area (Å²) in [5.74, 6) is 1.14. The summed E-state index contributed by atoms with van der Waals surface area (Å²) in [6.45, 7) is 7.74. The van der Waals surface area contributed by atoms with Gasteiger partial charge in [0.2, 0.25) is 0 Å². The van der Waals surface area contributed by atoms with Crippen molar-refractivity contribution in [2.45, 2.75) is 26.8 Å². The monoisotopic (exact) mass is 250 g/mol. The van der Waals surface area contributed by atoms with Crippen LogP contribution in [0.15, 0.2) is 18.2 Å². The standard InChI is InChI=1S/C15H23FN2/c1-11-3-4-15(16)13(7-11)9-18-6-5-12(2)14(8-17)10-18/h3-4,7,12,14H,5-6,8-10,17H2,1-2H3. The number of aryl methyl sites for hydroxylation is 1. The quantitative estimate of drug-likeness (QED) is 0.893. The van der Waals surface area contributed by atoms with Gasteiger partial charge in [-0.05, 0) is 44.3 Å². The Labute approximate surface area is 109 Å². The predicted octanol–water partition coefficient (Wildman–Crippen LogP) is 2.55. The summed E-state index contributed by atoms with van der Waals surface area (Å²) in [7, 11) is 0. The molecule has 1 aliphatic rings. The van der Waals surface area contributed by atoms with Crippen molar-refractivity contribution in [2.24, 2.45) is 17.6 Å². The van der Waals surface area contributed by atoms with Gasteiger partial charge in [0.05, 0.1) is 0 Å². The van der Waals surface area contributed by atoms with Crippen molar-refractivity contribution in [3.63, 3.8) is 0 Å². The van der Waals surface area contributed by atoms with E-state index in [4.69, 9.17) is 5.73 Å². The zero-order valence-electron chi connectivity index (χ0n) is 11.3. The molecule has 0 amide bonds. The Bertz CT molecular complexity index is 405. The number of hydrogen-bond donors (Lipinski definition) is 1. The van der Waals surface area contributed by atoms with Gasteiger partial charge in [0.15, 0.2) is 0 Å². The predicted molar refractivity (Wildman–Crippen MR) is 72.7 cm³/mol. The molecule has 0 aliphatic carbocycles. The maximum absolute atomic E-state index is 13.7. The topological polar surface area (TPSA) is 29.3 Å². The Kier molecular flexibility index (Phi) is 4.36. The number of halogens is 1. The lowest BCUT2D eigenvalue weighted by Gasteiger charge is -2.36. The minimum Gasteiger partial charge on any atom is -0.330 e. The number of rotatable bonds is 3. The molecule has 2 nitrogen and oxygen atoms in total. The molecule has 1 saturated heterocycles. The van der Waals surface area contributed by atoms with Gasteiger partial charge < -0.3 is 5.73 Å². The molecule has 100 valence electrons. The largest absolute Gasteiger partial charge is 0.330 e. The third-order valence-corrected chi connectivity index (χ3v) is 4.10. The SMILES string of the molecule is Cc1ccc(F)c(CN2CCC(C)C(CN)C2)c1. The van der Waals surface area contributed by atoms with Crippen molar-refractivity contribution >= 4 is 0 Å². The first kappa shape index (κ1) is 13.5. The first-order chi connectivity index (χ1) is 8.60. The highest BCUT2D eigenvalue weighted by atomic mass is 19.1. The summed E-state index contributed by atoms with van der Waals surface area (Å²) in [6.07, 6.45) is 1.16. The van der Waals surface area contributed by atoms with Crippen LogP contribution in [0.4, 0.5) is 4.39 Å². The molecular formula is C15H23FN2. The van der Waals surface area contributed by atoms with Crippen LogP contribution in [0, 0.1) is 24.6 Å². The van der Waals surface area contributed by atoms with Crippen LogP contribution >= 0.6 is 0 Å². The van der Waals surface area contributed by atoms with E-state index >= 15 is 0 Å². The number of piperidine rings is 1. The van der Waals surface area contributed by atoms with Gasteiger partial charge in [-0.2, -0.15) is 0 Å². The molecule has 2 atom stereocenters. The van der Waals surface area contributed by atoms with Crippen LogP contribution in [0.5, 0.6) is 0 Å². The summed E-state index contributed by atoms with van der Waals surface area (Å²) in [6, 6.07) is 5.34. The van der Waals surface area contributed by atoms with E-state index in [1.54, 1.807) is 6.07 Å². The van der Waals surface area contributed by atoms with Crippen LogP contribution in [0.3, 0.4) is 0 Å². The van der Waals surface area contributed by atoms with Gasteiger partial charge in [0.1, 0.15) is 5.82 Å². The Morgan fingerprint density at radius 2 is 2.22 bits per heavy atom. The highest BCUT2D eigenvalue weighted by molar-refractivity contribution is 5.24. The second-order valence-corrected chi connectivity index (χ2v) is 5.59. The molecule has 1 aromatic rings. The second-order valence-electron chi connectivity index (χ2n) is 5.59. The molecule has 0 aromatic heterocycles. The Hall–Kier alpha value is -0.930. The third-order valence-electron chi connectivity index (χ3n) is 4.10. The Morgan fingerprint density at radius 1 is 1.44 bits per heavy atom. The van der Waals surface area contributed by atoms with Gasteiger partial charge in [0, 0.05) is 18.7 Å². The summed E-state index contributed by atoms with van der Waals surface area (Å²) in [5.41, 5.74) is 7.73. The maximum Gasteiger partial charge on any atom is 0.127 e. The van der Waals surface area contributed by atoms with E-state index in [0.29, 0.717) is 18.4 Å². The molecular weight excluding hydrogens is 227 g/mol. The van der Waals surface area contributed by atoms with Crippen LogP contribution in [0.1, 0.15) is 24.5 Å². The summed E-state index contributed by atoms with van der Waals surface area (Å²) in [5, 5.41) is 0. The minimum atomic E-state index is -0.0940. The molecule has 2 rings (SSSR count). The lowest BCUT2D eigenvalue weighted by Crippen LogP contribution is -2.42. The average molecular weight is 250 g/mol. The molecule has 1 aliphatic heterocycles. The fourth-order valence-corrected chi connectivity index (χ4v) is 2.74. The molecule has 0 saturated carbocycles. The van der Waals surface area contributed by atoms with Crippen molar-refractivity contribution < 1.29 is 4.39 Å². The van der Waals surface area contributed by atoms with Gasteiger partial charge in [-0.3, -0.25) is 4.90 Å². The third kappa shape index (κ3) is 3.09. The van der Waals surface area contributed by atoms with Crippen molar-refractivity contribution in [3.8, 4) is 0 Å². The number of likely N-dealkylation sites (tertiary alicyclic amines) is 1. The maximum atomic E-state index is 13.7. The summed E-state index contributed by atoms with van der Waals surface area (Å²) >= 11 is 0. The van der Waals surface area contributed by atoms with Crippen molar-refractivity contribution in [3.05, 3.63) is 35.1 Å². The molecule has 0 spiro atoms. The van der Waals surface area contributed by atoms with Gasteiger partial charge in [-0.1, -0.05) is 24.6 Å². The Morgan fingerprint density at radius 3 is 2.94 bits per heavy atom. The molecule has 2 unspecified atom stereocenters. The van der Waals surface area contributed by atoms with Gasteiger partial charge in [0.25, 0.3) is 0 Å².